The molecule has 1 amide bonds. The Morgan fingerprint density at radius 3 is 2.58 bits per heavy atom. The van der Waals surface area contributed by atoms with Gasteiger partial charge in [0.1, 0.15) is 5.82 Å². The Hall–Kier alpha value is -2.54. The van der Waals surface area contributed by atoms with Gasteiger partial charge in [-0.1, -0.05) is 18.2 Å². The van der Waals surface area contributed by atoms with E-state index < -0.39 is 35.1 Å². The minimum atomic E-state index is -1.35. The molecule has 0 aliphatic carbocycles. The topological polar surface area (TPSA) is 72.5 Å². The predicted octanol–water partition coefficient (Wildman–Crippen LogP) is 2.67. The summed E-state index contributed by atoms with van der Waals surface area (Å²) >= 11 is 0. The van der Waals surface area contributed by atoms with Crippen LogP contribution in [0.2, 0.25) is 0 Å². The van der Waals surface area contributed by atoms with Crippen LogP contribution in [-0.4, -0.2) is 28.9 Å². The SMILES string of the molecule is Cc1ccc(NC(=O)COC(=O)c2ccccc2[S@@](C)=O)cc1F. The van der Waals surface area contributed by atoms with E-state index in [1.54, 1.807) is 31.2 Å². The summed E-state index contributed by atoms with van der Waals surface area (Å²) in [5.74, 6) is -1.78. The van der Waals surface area contributed by atoms with Gasteiger partial charge in [-0.25, -0.2) is 9.18 Å². The summed E-state index contributed by atoms with van der Waals surface area (Å²) in [6, 6.07) is 10.6. The number of amides is 1. The van der Waals surface area contributed by atoms with Crippen LogP contribution in [0.4, 0.5) is 10.1 Å². The minimum absolute atomic E-state index is 0.146. The molecule has 0 saturated carbocycles. The molecule has 0 unspecified atom stereocenters. The fourth-order valence-corrected chi connectivity index (χ4v) is 2.69. The van der Waals surface area contributed by atoms with Crippen LogP contribution in [0.15, 0.2) is 47.4 Å². The molecule has 126 valence electrons. The zero-order chi connectivity index (χ0) is 17.7. The van der Waals surface area contributed by atoms with Crippen LogP contribution in [0.5, 0.6) is 0 Å². The van der Waals surface area contributed by atoms with Gasteiger partial charge >= 0.3 is 5.97 Å². The van der Waals surface area contributed by atoms with Gasteiger partial charge in [0.05, 0.1) is 21.3 Å². The van der Waals surface area contributed by atoms with E-state index >= 15 is 0 Å². The molecule has 5 nitrogen and oxygen atoms in total. The van der Waals surface area contributed by atoms with Gasteiger partial charge in [-0.3, -0.25) is 9.00 Å². The van der Waals surface area contributed by atoms with Crippen molar-refractivity contribution in [2.24, 2.45) is 0 Å². The zero-order valence-corrected chi connectivity index (χ0v) is 14.0. The van der Waals surface area contributed by atoms with Crippen molar-refractivity contribution in [3.05, 3.63) is 59.4 Å². The number of ether oxygens (including phenoxy) is 1. The van der Waals surface area contributed by atoms with Gasteiger partial charge in [-0.05, 0) is 36.8 Å². The normalized spacial score (nSPS) is 11.6. The van der Waals surface area contributed by atoms with Crippen LogP contribution in [0.3, 0.4) is 0 Å². The number of aryl methyl sites for hydroxylation is 1. The molecule has 2 aromatic rings. The lowest BCUT2D eigenvalue weighted by Crippen LogP contribution is -2.21. The van der Waals surface area contributed by atoms with E-state index in [0.29, 0.717) is 10.5 Å². The molecule has 0 fully saturated rings. The third kappa shape index (κ3) is 4.48. The first-order valence-electron chi connectivity index (χ1n) is 7.04. The second kappa shape index (κ2) is 7.83. The standard InChI is InChI=1S/C17H16FNO4S/c1-11-7-8-12(9-14(11)18)19-16(20)10-23-17(21)13-5-3-4-6-15(13)24(2)22/h3-9H,10H2,1-2H3,(H,19,20)/t24-/m1/s1. The number of carbonyl (C=O) groups excluding carboxylic acids is 2. The van der Waals surface area contributed by atoms with Gasteiger partial charge in [-0.2, -0.15) is 0 Å². The Kier molecular flexibility index (Phi) is 5.81. The van der Waals surface area contributed by atoms with Crippen molar-refractivity contribution < 1.29 is 22.9 Å². The number of benzene rings is 2. The average molecular weight is 349 g/mol. The highest BCUT2D eigenvalue weighted by atomic mass is 32.2. The number of hydrogen-bond acceptors (Lipinski definition) is 4. The smallest absolute Gasteiger partial charge is 0.339 e. The van der Waals surface area contributed by atoms with Gasteiger partial charge in [0, 0.05) is 11.9 Å². The third-order valence-corrected chi connectivity index (χ3v) is 4.18. The van der Waals surface area contributed by atoms with Crippen molar-refractivity contribution in [1.82, 2.24) is 0 Å². The molecule has 2 aromatic carbocycles. The van der Waals surface area contributed by atoms with E-state index in [2.05, 4.69) is 5.32 Å². The second-order valence-corrected chi connectivity index (χ2v) is 6.39. The molecule has 0 heterocycles. The van der Waals surface area contributed by atoms with Crippen LogP contribution < -0.4 is 5.32 Å². The largest absolute Gasteiger partial charge is 0.452 e. The molecule has 0 aliphatic rings. The number of rotatable bonds is 5. The van der Waals surface area contributed by atoms with Gasteiger partial charge in [0.2, 0.25) is 0 Å². The van der Waals surface area contributed by atoms with Gasteiger partial charge in [0.25, 0.3) is 5.91 Å². The van der Waals surface area contributed by atoms with E-state index in [1.807, 2.05) is 0 Å². The Bertz CT molecular complexity index is 807. The van der Waals surface area contributed by atoms with Crippen molar-refractivity contribution in [2.75, 3.05) is 18.2 Å². The predicted molar refractivity (Wildman–Crippen MR) is 88.8 cm³/mol. The second-order valence-electron chi connectivity index (χ2n) is 5.04. The fraction of sp³-hybridized carbons (Fsp3) is 0.176. The van der Waals surface area contributed by atoms with E-state index in [1.165, 1.54) is 24.5 Å². The molecule has 0 saturated heterocycles. The van der Waals surface area contributed by atoms with Crippen LogP contribution in [0.1, 0.15) is 15.9 Å². The van der Waals surface area contributed by atoms with E-state index in [-0.39, 0.29) is 11.3 Å². The van der Waals surface area contributed by atoms with Crippen LogP contribution in [0, 0.1) is 12.7 Å². The van der Waals surface area contributed by atoms with Crippen molar-refractivity contribution in [3.8, 4) is 0 Å². The summed E-state index contributed by atoms with van der Waals surface area (Å²) in [5, 5.41) is 2.44. The van der Waals surface area contributed by atoms with E-state index in [0.717, 1.165) is 0 Å². The Morgan fingerprint density at radius 1 is 1.21 bits per heavy atom. The highest BCUT2D eigenvalue weighted by molar-refractivity contribution is 7.84. The third-order valence-electron chi connectivity index (χ3n) is 3.21. The van der Waals surface area contributed by atoms with Crippen molar-refractivity contribution >= 4 is 28.4 Å². The van der Waals surface area contributed by atoms with Crippen molar-refractivity contribution in [3.63, 3.8) is 0 Å². The number of halogens is 1. The van der Waals surface area contributed by atoms with Gasteiger partial charge in [0.15, 0.2) is 6.61 Å². The van der Waals surface area contributed by atoms with Gasteiger partial charge in [-0.15, -0.1) is 0 Å². The molecular weight excluding hydrogens is 333 g/mol. The molecule has 0 bridgehead atoms. The molecular formula is C17H16FNO4S. The maximum absolute atomic E-state index is 13.4. The van der Waals surface area contributed by atoms with Crippen LogP contribution in [-0.2, 0) is 20.3 Å². The van der Waals surface area contributed by atoms with E-state index in [4.69, 9.17) is 4.74 Å². The molecule has 24 heavy (non-hydrogen) atoms. The minimum Gasteiger partial charge on any atom is -0.452 e. The van der Waals surface area contributed by atoms with Crippen molar-refractivity contribution in [2.45, 2.75) is 11.8 Å². The average Bonchev–Trinajstić information content (AvgIpc) is 2.56. The summed E-state index contributed by atoms with van der Waals surface area (Å²) < 4.78 is 29.9. The highest BCUT2D eigenvalue weighted by Gasteiger charge is 2.16. The van der Waals surface area contributed by atoms with E-state index in [9.17, 15) is 18.2 Å². The fourth-order valence-electron chi connectivity index (χ4n) is 1.96. The van der Waals surface area contributed by atoms with Crippen LogP contribution in [0.25, 0.3) is 0 Å². The lowest BCUT2D eigenvalue weighted by Gasteiger charge is -2.09. The first-order chi connectivity index (χ1) is 11.4. The molecule has 2 rings (SSSR count). The summed E-state index contributed by atoms with van der Waals surface area (Å²) in [4.78, 5) is 24.2. The Balaban J connectivity index is 1.97. The Labute approximate surface area is 141 Å². The number of nitrogens with one attached hydrogen (secondary N) is 1. The van der Waals surface area contributed by atoms with Crippen molar-refractivity contribution in [1.29, 1.82) is 0 Å². The summed E-state index contributed by atoms with van der Waals surface area (Å²) in [7, 11) is -1.35. The zero-order valence-electron chi connectivity index (χ0n) is 13.2. The number of esters is 1. The maximum Gasteiger partial charge on any atom is 0.339 e. The van der Waals surface area contributed by atoms with Crippen LogP contribution >= 0.6 is 0 Å². The maximum atomic E-state index is 13.4. The molecule has 1 atom stereocenters. The highest BCUT2D eigenvalue weighted by Crippen LogP contribution is 2.15. The number of anilines is 1. The molecule has 0 aromatic heterocycles. The molecule has 7 heteroatoms. The monoisotopic (exact) mass is 349 g/mol. The first-order valence-corrected chi connectivity index (χ1v) is 8.60. The summed E-state index contributed by atoms with van der Waals surface area (Å²) in [6.45, 7) is 1.08. The summed E-state index contributed by atoms with van der Waals surface area (Å²) in [6.07, 6.45) is 1.45. The quantitative estimate of drug-likeness (QED) is 0.843. The first kappa shape index (κ1) is 17.8. The Morgan fingerprint density at radius 2 is 1.92 bits per heavy atom. The molecule has 1 N–H and O–H groups in total. The molecule has 0 radical (unpaired) electrons. The lowest BCUT2D eigenvalue weighted by molar-refractivity contribution is -0.119. The summed E-state index contributed by atoms with van der Waals surface area (Å²) in [5.41, 5.74) is 0.880. The number of carbonyl (C=O) groups is 2. The molecule has 0 aliphatic heterocycles. The van der Waals surface area contributed by atoms with Gasteiger partial charge < -0.3 is 10.1 Å². The molecule has 0 spiro atoms. The number of hydrogen-bond donors (Lipinski definition) is 1. The lowest BCUT2D eigenvalue weighted by atomic mass is 10.2.